The molecule has 35 heavy (non-hydrogen) atoms. The number of aromatic nitrogens is 1. The summed E-state index contributed by atoms with van der Waals surface area (Å²) < 4.78 is 10.9. The normalized spacial score (nSPS) is 20.3. The van der Waals surface area contributed by atoms with Crippen LogP contribution in [0, 0.1) is 0 Å². The molecule has 1 aromatic carbocycles. The zero-order chi connectivity index (χ0) is 25.1. The van der Waals surface area contributed by atoms with E-state index in [-0.39, 0.29) is 30.1 Å². The lowest BCUT2D eigenvalue weighted by Crippen LogP contribution is -2.48. The monoisotopic (exact) mass is 543 g/mol. The van der Waals surface area contributed by atoms with Crippen molar-refractivity contribution < 1.29 is 29.0 Å². The van der Waals surface area contributed by atoms with Crippen molar-refractivity contribution in [1.82, 2.24) is 14.8 Å². The van der Waals surface area contributed by atoms with E-state index in [4.69, 9.17) is 9.47 Å². The SMILES string of the molecule is CCOC(=O)N1CCC(N2C(=O)C(=O)/C(=C(/O)c3ccc(OC)c(Br)c3)C2c2ccncc2)CC1. The number of likely N-dealkylation sites (tertiary alicyclic amines) is 2. The Morgan fingerprint density at radius 2 is 1.86 bits per heavy atom. The minimum atomic E-state index is -0.780. The summed E-state index contributed by atoms with van der Waals surface area (Å²) in [6.07, 6.45) is 3.76. The molecule has 1 unspecified atom stereocenters. The Morgan fingerprint density at radius 3 is 2.46 bits per heavy atom. The first-order chi connectivity index (χ1) is 16.9. The maximum Gasteiger partial charge on any atom is 0.409 e. The van der Waals surface area contributed by atoms with E-state index >= 15 is 0 Å². The van der Waals surface area contributed by atoms with Gasteiger partial charge in [-0.1, -0.05) is 0 Å². The molecule has 2 fully saturated rings. The van der Waals surface area contributed by atoms with Gasteiger partial charge in [-0.2, -0.15) is 0 Å². The summed E-state index contributed by atoms with van der Waals surface area (Å²) >= 11 is 3.40. The zero-order valence-corrected chi connectivity index (χ0v) is 21.0. The number of ketones is 1. The molecule has 2 saturated heterocycles. The van der Waals surface area contributed by atoms with Crippen LogP contribution in [0.4, 0.5) is 4.79 Å². The van der Waals surface area contributed by atoms with Gasteiger partial charge in [-0.05, 0) is 71.6 Å². The third-order valence-corrected chi connectivity index (χ3v) is 6.93. The van der Waals surface area contributed by atoms with Crippen LogP contribution in [0.25, 0.3) is 5.76 Å². The van der Waals surface area contributed by atoms with Gasteiger partial charge in [-0.25, -0.2) is 4.79 Å². The van der Waals surface area contributed by atoms with E-state index in [2.05, 4.69) is 20.9 Å². The molecule has 1 N–H and O–H groups in total. The fourth-order valence-corrected chi connectivity index (χ4v) is 5.15. The van der Waals surface area contributed by atoms with Crippen molar-refractivity contribution in [1.29, 1.82) is 0 Å². The zero-order valence-electron chi connectivity index (χ0n) is 19.4. The quantitative estimate of drug-likeness (QED) is 0.346. The Bertz CT molecular complexity index is 1160. The van der Waals surface area contributed by atoms with Crippen LogP contribution in [0.5, 0.6) is 5.75 Å². The molecule has 0 bridgehead atoms. The molecule has 1 aromatic heterocycles. The number of Topliss-reactive ketones (excluding diaryl/α,β-unsaturated/α-hetero) is 1. The minimum Gasteiger partial charge on any atom is -0.507 e. The van der Waals surface area contributed by atoms with Crippen molar-refractivity contribution in [3.63, 3.8) is 0 Å². The number of aliphatic hydroxyl groups excluding tert-OH is 1. The van der Waals surface area contributed by atoms with Gasteiger partial charge in [0, 0.05) is 37.1 Å². The largest absolute Gasteiger partial charge is 0.507 e. The van der Waals surface area contributed by atoms with Gasteiger partial charge in [-0.3, -0.25) is 14.6 Å². The summed E-state index contributed by atoms with van der Waals surface area (Å²) in [7, 11) is 1.53. The van der Waals surface area contributed by atoms with Crippen LogP contribution >= 0.6 is 15.9 Å². The van der Waals surface area contributed by atoms with Gasteiger partial charge in [0.15, 0.2) is 0 Å². The molecule has 0 spiro atoms. The number of benzene rings is 1. The first kappa shape index (κ1) is 24.7. The molecule has 2 aliphatic heterocycles. The van der Waals surface area contributed by atoms with E-state index in [1.807, 2.05) is 0 Å². The van der Waals surface area contributed by atoms with E-state index in [0.717, 1.165) is 0 Å². The van der Waals surface area contributed by atoms with Crippen LogP contribution < -0.4 is 4.74 Å². The number of piperidine rings is 1. The molecule has 3 heterocycles. The molecule has 2 amide bonds. The number of carbonyl (C=O) groups is 3. The smallest absolute Gasteiger partial charge is 0.409 e. The minimum absolute atomic E-state index is 0.0195. The highest BCUT2D eigenvalue weighted by molar-refractivity contribution is 9.10. The maximum absolute atomic E-state index is 13.3. The Balaban J connectivity index is 1.73. The average Bonchev–Trinajstić information content (AvgIpc) is 3.14. The standard InChI is InChI=1S/C25H26BrN3O6/c1-3-35-25(33)28-12-8-17(9-13-28)29-21(15-6-10-27-11-7-15)20(23(31)24(29)32)22(30)16-4-5-19(34-2)18(26)14-16/h4-7,10-11,14,17,21,30H,3,8-9,12-13H2,1-2H3/b22-20+. The van der Waals surface area contributed by atoms with Crippen LogP contribution in [0.2, 0.25) is 0 Å². The van der Waals surface area contributed by atoms with Crippen molar-refractivity contribution in [3.8, 4) is 5.75 Å². The van der Waals surface area contributed by atoms with Crippen LogP contribution in [0.1, 0.15) is 36.9 Å². The summed E-state index contributed by atoms with van der Waals surface area (Å²) in [6, 6.07) is 7.34. The predicted octanol–water partition coefficient (Wildman–Crippen LogP) is 3.90. The number of aliphatic hydroxyl groups is 1. The summed E-state index contributed by atoms with van der Waals surface area (Å²) in [5.74, 6) is -1.11. The molecule has 1 atom stereocenters. The number of amides is 2. The number of rotatable bonds is 5. The fourth-order valence-electron chi connectivity index (χ4n) is 4.61. The van der Waals surface area contributed by atoms with E-state index in [0.29, 0.717) is 47.3 Å². The Labute approximate surface area is 211 Å². The van der Waals surface area contributed by atoms with E-state index in [9.17, 15) is 19.5 Å². The van der Waals surface area contributed by atoms with E-state index in [1.54, 1.807) is 59.4 Å². The fraction of sp³-hybridized carbons (Fsp3) is 0.360. The van der Waals surface area contributed by atoms with Crippen LogP contribution in [-0.4, -0.2) is 70.5 Å². The van der Waals surface area contributed by atoms with Gasteiger partial charge < -0.3 is 24.4 Å². The second kappa shape index (κ2) is 10.5. The molecular formula is C25H26BrN3O6. The van der Waals surface area contributed by atoms with Crippen molar-refractivity contribution in [3.05, 3.63) is 63.9 Å². The van der Waals surface area contributed by atoms with Crippen LogP contribution in [0.3, 0.4) is 0 Å². The maximum atomic E-state index is 13.3. The van der Waals surface area contributed by atoms with Gasteiger partial charge in [-0.15, -0.1) is 0 Å². The Kier molecular flexibility index (Phi) is 7.39. The van der Waals surface area contributed by atoms with E-state index in [1.165, 1.54) is 7.11 Å². The Hall–Kier alpha value is -3.40. The van der Waals surface area contributed by atoms with Crippen molar-refractivity contribution >= 4 is 39.5 Å². The topological polar surface area (TPSA) is 109 Å². The number of hydrogen-bond donors (Lipinski definition) is 1. The second-order valence-electron chi connectivity index (χ2n) is 8.25. The lowest BCUT2D eigenvalue weighted by atomic mass is 9.94. The first-order valence-electron chi connectivity index (χ1n) is 11.3. The molecule has 10 heteroatoms. The predicted molar refractivity (Wildman–Crippen MR) is 131 cm³/mol. The number of ether oxygens (including phenoxy) is 2. The Morgan fingerprint density at radius 1 is 1.17 bits per heavy atom. The summed E-state index contributed by atoms with van der Waals surface area (Å²) in [6.45, 7) is 2.85. The number of hydrogen-bond acceptors (Lipinski definition) is 7. The van der Waals surface area contributed by atoms with Crippen LogP contribution in [-0.2, 0) is 14.3 Å². The van der Waals surface area contributed by atoms with Crippen molar-refractivity contribution in [2.75, 3.05) is 26.8 Å². The second-order valence-corrected chi connectivity index (χ2v) is 9.11. The molecule has 0 aliphatic carbocycles. The van der Waals surface area contributed by atoms with Gasteiger partial charge in [0.2, 0.25) is 0 Å². The number of carbonyl (C=O) groups excluding carboxylic acids is 3. The molecule has 0 saturated carbocycles. The molecule has 2 aromatic rings. The molecule has 184 valence electrons. The van der Waals surface area contributed by atoms with Gasteiger partial charge in [0.25, 0.3) is 11.7 Å². The highest BCUT2D eigenvalue weighted by atomic mass is 79.9. The van der Waals surface area contributed by atoms with E-state index < -0.39 is 17.7 Å². The van der Waals surface area contributed by atoms with Gasteiger partial charge >= 0.3 is 6.09 Å². The number of halogens is 1. The van der Waals surface area contributed by atoms with Crippen molar-refractivity contribution in [2.45, 2.75) is 31.8 Å². The first-order valence-corrected chi connectivity index (χ1v) is 12.1. The third-order valence-electron chi connectivity index (χ3n) is 6.31. The van der Waals surface area contributed by atoms with Gasteiger partial charge in [0.05, 0.1) is 29.8 Å². The molecule has 4 rings (SSSR count). The number of nitrogens with zero attached hydrogens (tertiary/aromatic N) is 3. The molecule has 9 nitrogen and oxygen atoms in total. The lowest BCUT2D eigenvalue weighted by Gasteiger charge is -2.38. The summed E-state index contributed by atoms with van der Waals surface area (Å²) in [4.78, 5) is 45.9. The summed E-state index contributed by atoms with van der Waals surface area (Å²) in [5.41, 5.74) is 1.07. The third kappa shape index (κ3) is 4.75. The molecule has 0 radical (unpaired) electrons. The van der Waals surface area contributed by atoms with Crippen molar-refractivity contribution in [2.24, 2.45) is 0 Å². The highest BCUT2D eigenvalue weighted by Gasteiger charge is 2.49. The molecular weight excluding hydrogens is 518 g/mol. The van der Waals surface area contributed by atoms with Gasteiger partial charge in [0.1, 0.15) is 11.5 Å². The molecule has 2 aliphatic rings. The average molecular weight is 544 g/mol. The number of methoxy groups -OCH3 is 1. The lowest BCUT2D eigenvalue weighted by molar-refractivity contribution is -0.142. The number of pyridine rings is 1. The highest BCUT2D eigenvalue weighted by Crippen LogP contribution is 2.42. The summed E-state index contributed by atoms with van der Waals surface area (Å²) in [5, 5.41) is 11.3. The van der Waals surface area contributed by atoms with Crippen LogP contribution in [0.15, 0.2) is 52.8 Å².